The summed E-state index contributed by atoms with van der Waals surface area (Å²) in [6.07, 6.45) is 0. The maximum atomic E-state index is 5.19. The molecule has 5 heteroatoms. The molecule has 0 aliphatic carbocycles. The SMILES string of the molecule is c1ccc(-c2cc(-c3cccc(-c4nc(-c5ccccc5)c5c(n4)sc4ccccc45)c3)nc(-c3ccccc3)n2)cc1. The molecule has 8 rings (SSSR count). The molecule has 3 heterocycles. The summed E-state index contributed by atoms with van der Waals surface area (Å²) in [5.41, 5.74) is 7.69. The summed E-state index contributed by atoms with van der Waals surface area (Å²) < 4.78 is 1.21. The normalized spacial score (nSPS) is 11.3. The summed E-state index contributed by atoms with van der Waals surface area (Å²) in [7, 11) is 0. The Bertz CT molecular complexity index is 2170. The number of rotatable bonds is 5. The molecule has 0 saturated heterocycles. The molecular formula is C38H24N4S. The third-order valence-electron chi connectivity index (χ3n) is 7.53. The van der Waals surface area contributed by atoms with Gasteiger partial charge in [-0.2, -0.15) is 0 Å². The molecule has 0 fully saturated rings. The van der Waals surface area contributed by atoms with Crippen LogP contribution in [0.3, 0.4) is 0 Å². The van der Waals surface area contributed by atoms with E-state index in [1.54, 1.807) is 11.3 Å². The lowest BCUT2D eigenvalue weighted by molar-refractivity contribution is 1.18. The monoisotopic (exact) mass is 568 g/mol. The second kappa shape index (κ2) is 10.7. The van der Waals surface area contributed by atoms with E-state index in [9.17, 15) is 0 Å². The Balaban J connectivity index is 1.30. The van der Waals surface area contributed by atoms with Gasteiger partial charge < -0.3 is 0 Å². The van der Waals surface area contributed by atoms with Crippen molar-refractivity contribution in [1.29, 1.82) is 0 Å². The van der Waals surface area contributed by atoms with Crippen molar-refractivity contribution in [2.75, 3.05) is 0 Å². The number of aromatic nitrogens is 4. The van der Waals surface area contributed by atoms with Crippen molar-refractivity contribution in [3.8, 4) is 56.5 Å². The van der Waals surface area contributed by atoms with Crippen molar-refractivity contribution >= 4 is 31.6 Å². The van der Waals surface area contributed by atoms with Crippen LogP contribution in [0.2, 0.25) is 0 Å². The maximum Gasteiger partial charge on any atom is 0.161 e. The van der Waals surface area contributed by atoms with E-state index in [-0.39, 0.29) is 0 Å². The fourth-order valence-corrected chi connectivity index (χ4v) is 6.52. The zero-order chi connectivity index (χ0) is 28.6. The minimum absolute atomic E-state index is 0.691. The summed E-state index contributed by atoms with van der Waals surface area (Å²) in [6.45, 7) is 0. The Labute approximate surface area is 253 Å². The molecule has 0 atom stereocenters. The first-order chi connectivity index (χ1) is 21.3. The van der Waals surface area contributed by atoms with Gasteiger partial charge in [-0.15, -0.1) is 11.3 Å². The molecule has 5 aromatic carbocycles. The third kappa shape index (κ3) is 4.76. The van der Waals surface area contributed by atoms with Crippen LogP contribution in [0.4, 0.5) is 0 Å². The van der Waals surface area contributed by atoms with Gasteiger partial charge in [-0.05, 0) is 18.2 Å². The molecule has 8 aromatic rings. The van der Waals surface area contributed by atoms with Crippen molar-refractivity contribution in [3.63, 3.8) is 0 Å². The fraction of sp³-hybridized carbons (Fsp3) is 0. The molecule has 0 N–H and O–H groups in total. The van der Waals surface area contributed by atoms with E-state index in [1.165, 1.54) is 10.1 Å². The van der Waals surface area contributed by atoms with Crippen LogP contribution in [0, 0.1) is 0 Å². The lowest BCUT2D eigenvalue weighted by Crippen LogP contribution is -1.97. The van der Waals surface area contributed by atoms with Crippen LogP contribution in [0.1, 0.15) is 0 Å². The van der Waals surface area contributed by atoms with Crippen molar-refractivity contribution < 1.29 is 0 Å². The second-order valence-electron chi connectivity index (χ2n) is 10.3. The molecule has 3 aromatic heterocycles. The number of fused-ring (bicyclic) bond motifs is 3. The molecule has 4 nitrogen and oxygen atoms in total. The highest BCUT2D eigenvalue weighted by Gasteiger charge is 2.17. The number of hydrogen-bond acceptors (Lipinski definition) is 5. The number of nitrogens with zero attached hydrogens (tertiary/aromatic N) is 4. The lowest BCUT2D eigenvalue weighted by atomic mass is 10.0. The molecule has 0 saturated carbocycles. The Morgan fingerprint density at radius 3 is 1.70 bits per heavy atom. The van der Waals surface area contributed by atoms with Gasteiger partial charge in [0.05, 0.1) is 17.1 Å². The molecule has 0 unspecified atom stereocenters. The fourth-order valence-electron chi connectivity index (χ4n) is 5.44. The number of thiophene rings is 1. The molecule has 0 amide bonds. The highest BCUT2D eigenvalue weighted by atomic mass is 32.1. The summed E-state index contributed by atoms with van der Waals surface area (Å²) in [6, 6.07) is 49.6. The van der Waals surface area contributed by atoms with Crippen LogP contribution in [-0.4, -0.2) is 19.9 Å². The van der Waals surface area contributed by atoms with Gasteiger partial charge in [-0.25, -0.2) is 19.9 Å². The standard InChI is InChI=1S/C38H24N4S/c1-4-13-25(14-5-1)31-24-32(40-36(39-31)27-17-8-3-9-18-27)28-19-12-20-29(23-28)37-41-35(26-15-6-2-7-16-26)34-30-21-10-11-22-33(30)43-38(34)42-37/h1-24H. The van der Waals surface area contributed by atoms with Gasteiger partial charge in [0, 0.05) is 43.3 Å². The van der Waals surface area contributed by atoms with Crippen molar-refractivity contribution in [1.82, 2.24) is 19.9 Å². The highest BCUT2D eigenvalue weighted by molar-refractivity contribution is 7.25. The van der Waals surface area contributed by atoms with Crippen LogP contribution in [0.25, 0.3) is 76.9 Å². The van der Waals surface area contributed by atoms with Gasteiger partial charge in [0.2, 0.25) is 0 Å². The Morgan fingerprint density at radius 1 is 0.395 bits per heavy atom. The van der Waals surface area contributed by atoms with Gasteiger partial charge in [0.1, 0.15) is 4.83 Å². The average molecular weight is 569 g/mol. The summed E-state index contributed by atoms with van der Waals surface area (Å²) in [5, 5.41) is 2.28. The Morgan fingerprint density at radius 2 is 0.953 bits per heavy atom. The Hall–Kier alpha value is -5.52. The molecule has 0 radical (unpaired) electrons. The Kier molecular flexibility index (Phi) is 6.28. The van der Waals surface area contributed by atoms with Crippen LogP contribution in [0.15, 0.2) is 146 Å². The third-order valence-corrected chi connectivity index (χ3v) is 8.59. The van der Waals surface area contributed by atoms with Crippen LogP contribution < -0.4 is 0 Å². The van der Waals surface area contributed by atoms with Crippen LogP contribution >= 0.6 is 11.3 Å². The minimum Gasteiger partial charge on any atom is -0.228 e. The topological polar surface area (TPSA) is 51.6 Å². The molecule has 0 aliphatic rings. The molecule has 0 spiro atoms. The zero-order valence-corrected chi connectivity index (χ0v) is 23.9. The van der Waals surface area contributed by atoms with Crippen molar-refractivity contribution in [2.45, 2.75) is 0 Å². The van der Waals surface area contributed by atoms with E-state index in [0.29, 0.717) is 11.6 Å². The summed E-state index contributed by atoms with van der Waals surface area (Å²) in [5.74, 6) is 1.39. The quantitative estimate of drug-likeness (QED) is 0.207. The number of hydrogen-bond donors (Lipinski definition) is 0. The second-order valence-corrected chi connectivity index (χ2v) is 11.3. The molecular weight excluding hydrogens is 545 g/mol. The van der Waals surface area contributed by atoms with Crippen molar-refractivity contribution in [3.05, 3.63) is 146 Å². The van der Waals surface area contributed by atoms with E-state index in [2.05, 4.69) is 91.0 Å². The van der Waals surface area contributed by atoms with Gasteiger partial charge >= 0.3 is 0 Å². The van der Waals surface area contributed by atoms with E-state index >= 15 is 0 Å². The van der Waals surface area contributed by atoms with E-state index < -0.39 is 0 Å². The molecule has 0 bridgehead atoms. The average Bonchev–Trinajstić information content (AvgIpc) is 3.47. The van der Waals surface area contributed by atoms with Gasteiger partial charge in [-0.1, -0.05) is 127 Å². The highest BCUT2D eigenvalue weighted by Crippen LogP contribution is 2.39. The van der Waals surface area contributed by atoms with Gasteiger partial charge in [0.15, 0.2) is 11.6 Å². The van der Waals surface area contributed by atoms with Crippen LogP contribution in [-0.2, 0) is 0 Å². The van der Waals surface area contributed by atoms with E-state index in [1.807, 2.05) is 54.6 Å². The first kappa shape index (κ1) is 25.2. The zero-order valence-electron chi connectivity index (χ0n) is 23.1. The first-order valence-electron chi connectivity index (χ1n) is 14.2. The largest absolute Gasteiger partial charge is 0.228 e. The molecule has 43 heavy (non-hydrogen) atoms. The summed E-state index contributed by atoms with van der Waals surface area (Å²) >= 11 is 1.71. The van der Waals surface area contributed by atoms with E-state index in [0.717, 1.165) is 55.1 Å². The van der Waals surface area contributed by atoms with Crippen LogP contribution in [0.5, 0.6) is 0 Å². The van der Waals surface area contributed by atoms with Gasteiger partial charge in [0.25, 0.3) is 0 Å². The predicted molar refractivity (Wildman–Crippen MR) is 178 cm³/mol. The summed E-state index contributed by atoms with van der Waals surface area (Å²) in [4.78, 5) is 21.3. The first-order valence-corrected chi connectivity index (χ1v) is 15.0. The number of benzene rings is 5. The maximum absolute atomic E-state index is 5.19. The predicted octanol–water partition coefficient (Wildman–Crippen LogP) is 9.97. The lowest BCUT2D eigenvalue weighted by Gasteiger charge is -2.11. The molecule has 0 aliphatic heterocycles. The van der Waals surface area contributed by atoms with Gasteiger partial charge in [-0.3, -0.25) is 0 Å². The van der Waals surface area contributed by atoms with Crippen molar-refractivity contribution in [2.24, 2.45) is 0 Å². The van der Waals surface area contributed by atoms with E-state index in [4.69, 9.17) is 19.9 Å². The smallest absolute Gasteiger partial charge is 0.161 e. The molecule has 202 valence electrons. The minimum atomic E-state index is 0.691.